The van der Waals surface area contributed by atoms with Gasteiger partial charge in [0.25, 0.3) is 0 Å². The van der Waals surface area contributed by atoms with Crippen molar-refractivity contribution in [2.75, 3.05) is 18.8 Å². The van der Waals surface area contributed by atoms with Crippen LogP contribution in [0.5, 0.6) is 0 Å². The maximum Gasteiger partial charge on any atom is 0.0481 e. The summed E-state index contributed by atoms with van der Waals surface area (Å²) in [7, 11) is 0. The van der Waals surface area contributed by atoms with E-state index in [0.29, 0.717) is 0 Å². The Labute approximate surface area is 97.4 Å². The zero-order chi connectivity index (χ0) is 11.0. The number of fused-ring (bicyclic) bond motifs is 1. The fourth-order valence-electron chi connectivity index (χ4n) is 3.62. The van der Waals surface area contributed by atoms with E-state index in [2.05, 4.69) is 23.1 Å². The van der Waals surface area contributed by atoms with Gasteiger partial charge in [-0.1, -0.05) is 18.2 Å². The Kier molecular flexibility index (Phi) is 2.40. The molecule has 2 aliphatic heterocycles. The average Bonchev–Trinajstić information content (AvgIpc) is 2.74. The quantitative estimate of drug-likeness (QED) is 0.731. The first-order valence-corrected chi connectivity index (χ1v) is 6.43. The van der Waals surface area contributed by atoms with E-state index >= 15 is 0 Å². The molecule has 0 radical (unpaired) electrons. The van der Waals surface area contributed by atoms with Crippen LogP contribution in [0.4, 0.5) is 5.69 Å². The van der Waals surface area contributed by atoms with Crippen LogP contribution in [0, 0.1) is 0 Å². The molecule has 0 aliphatic carbocycles. The second-order valence-corrected chi connectivity index (χ2v) is 5.17. The molecule has 0 amide bonds. The normalized spacial score (nSPS) is 30.2. The van der Waals surface area contributed by atoms with Gasteiger partial charge in [0, 0.05) is 11.2 Å². The summed E-state index contributed by atoms with van der Waals surface area (Å²) < 4.78 is 0. The van der Waals surface area contributed by atoms with Gasteiger partial charge in [-0.25, -0.2) is 0 Å². The molecule has 2 heteroatoms. The van der Waals surface area contributed by atoms with Crippen molar-refractivity contribution in [1.82, 2.24) is 4.90 Å². The van der Waals surface area contributed by atoms with Crippen LogP contribution >= 0.6 is 0 Å². The molecule has 0 saturated carbocycles. The van der Waals surface area contributed by atoms with Gasteiger partial charge < -0.3 is 5.73 Å². The van der Waals surface area contributed by atoms with Crippen molar-refractivity contribution >= 4 is 5.69 Å². The molecule has 1 aromatic rings. The minimum absolute atomic E-state index is 0.281. The molecular formula is C14H20N2. The van der Waals surface area contributed by atoms with Crippen LogP contribution in [0.15, 0.2) is 24.3 Å². The van der Waals surface area contributed by atoms with Crippen LogP contribution in [0.2, 0.25) is 0 Å². The first kappa shape index (κ1) is 10.2. The number of para-hydroxylation sites is 1. The largest absolute Gasteiger partial charge is 0.398 e. The number of hydrogen-bond donors (Lipinski definition) is 1. The van der Waals surface area contributed by atoms with Gasteiger partial charge in [-0.05, 0) is 56.8 Å². The minimum Gasteiger partial charge on any atom is -0.398 e. The summed E-state index contributed by atoms with van der Waals surface area (Å²) in [6.07, 6.45) is 6.62. The molecule has 86 valence electrons. The average molecular weight is 216 g/mol. The van der Waals surface area contributed by atoms with E-state index in [1.165, 1.54) is 50.8 Å². The van der Waals surface area contributed by atoms with E-state index in [-0.39, 0.29) is 5.54 Å². The van der Waals surface area contributed by atoms with Crippen LogP contribution in [-0.4, -0.2) is 18.0 Å². The first-order chi connectivity index (χ1) is 7.83. The molecule has 2 aliphatic rings. The lowest BCUT2D eigenvalue weighted by atomic mass is 9.79. The zero-order valence-corrected chi connectivity index (χ0v) is 9.78. The number of piperidine rings is 1. The number of nitrogens with two attached hydrogens (primary N) is 1. The van der Waals surface area contributed by atoms with Gasteiger partial charge >= 0.3 is 0 Å². The zero-order valence-electron chi connectivity index (χ0n) is 9.78. The molecule has 1 aromatic carbocycles. The van der Waals surface area contributed by atoms with Crippen molar-refractivity contribution in [2.45, 2.75) is 37.6 Å². The second-order valence-electron chi connectivity index (χ2n) is 5.17. The highest BCUT2D eigenvalue weighted by molar-refractivity contribution is 5.51. The predicted octanol–water partition coefficient (Wildman–Crippen LogP) is 2.74. The third-order valence-electron chi connectivity index (χ3n) is 4.35. The molecule has 2 N–H and O–H groups in total. The Bertz CT molecular complexity index is 388. The summed E-state index contributed by atoms with van der Waals surface area (Å²) in [5.41, 5.74) is 8.82. The van der Waals surface area contributed by atoms with Crippen LogP contribution in [0.3, 0.4) is 0 Å². The molecule has 2 heterocycles. The third kappa shape index (κ3) is 1.36. The molecule has 3 rings (SSSR count). The van der Waals surface area contributed by atoms with Crippen LogP contribution in [-0.2, 0) is 5.54 Å². The molecule has 0 spiro atoms. The van der Waals surface area contributed by atoms with Crippen LogP contribution < -0.4 is 5.73 Å². The molecule has 2 fully saturated rings. The second kappa shape index (κ2) is 3.77. The Balaban J connectivity index is 2.05. The number of benzene rings is 1. The van der Waals surface area contributed by atoms with E-state index in [1.54, 1.807) is 0 Å². The van der Waals surface area contributed by atoms with Gasteiger partial charge in [-0.2, -0.15) is 0 Å². The molecule has 0 aromatic heterocycles. The standard InChI is InChI=1S/C14H20N2/c15-13-7-2-1-6-12(13)14-8-3-4-10-16(14)11-5-9-14/h1-2,6-7H,3-5,8-11,15H2. The topological polar surface area (TPSA) is 29.3 Å². The van der Waals surface area contributed by atoms with E-state index in [1.807, 2.05) is 6.07 Å². The molecule has 0 bridgehead atoms. The van der Waals surface area contributed by atoms with Gasteiger partial charge in [0.15, 0.2) is 0 Å². The summed E-state index contributed by atoms with van der Waals surface area (Å²) in [6.45, 7) is 2.52. The Morgan fingerprint density at radius 2 is 1.75 bits per heavy atom. The number of rotatable bonds is 1. The summed E-state index contributed by atoms with van der Waals surface area (Å²) in [5.74, 6) is 0. The van der Waals surface area contributed by atoms with Gasteiger partial charge in [-0.3, -0.25) is 4.90 Å². The van der Waals surface area contributed by atoms with Crippen molar-refractivity contribution in [3.63, 3.8) is 0 Å². The lowest BCUT2D eigenvalue weighted by Gasteiger charge is -2.43. The van der Waals surface area contributed by atoms with Gasteiger partial charge in [0.05, 0.1) is 0 Å². The van der Waals surface area contributed by atoms with Crippen molar-refractivity contribution < 1.29 is 0 Å². The van der Waals surface area contributed by atoms with E-state index in [4.69, 9.17) is 5.73 Å². The number of nitrogens with zero attached hydrogens (tertiary/aromatic N) is 1. The summed E-state index contributed by atoms with van der Waals surface area (Å²) in [5, 5.41) is 0. The van der Waals surface area contributed by atoms with E-state index in [9.17, 15) is 0 Å². The lowest BCUT2D eigenvalue weighted by Crippen LogP contribution is -2.45. The maximum absolute atomic E-state index is 6.18. The Hall–Kier alpha value is -1.02. The molecule has 2 nitrogen and oxygen atoms in total. The summed E-state index contributed by atoms with van der Waals surface area (Å²) in [4.78, 5) is 2.67. The van der Waals surface area contributed by atoms with Crippen molar-refractivity contribution in [3.8, 4) is 0 Å². The van der Waals surface area contributed by atoms with Gasteiger partial charge in [-0.15, -0.1) is 0 Å². The number of nitrogen functional groups attached to an aromatic ring is 1. The lowest BCUT2D eigenvalue weighted by molar-refractivity contribution is 0.0892. The highest BCUT2D eigenvalue weighted by Crippen LogP contribution is 2.47. The number of hydrogen-bond acceptors (Lipinski definition) is 2. The smallest absolute Gasteiger partial charge is 0.0481 e. The fourth-order valence-corrected chi connectivity index (χ4v) is 3.62. The van der Waals surface area contributed by atoms with E-state index < -0.39 is 0 Å². The summed E-state index contributed by atoms with van der Waals surface area (Å²) in [6, 6.07) is 8.46. The SMILES string of the molecule is Nc1ccccc1C12CCCCN1CCC2. The van der Waals surface area contributed by atoms with Crippen LogP contribution in [0.1, 0.15) is 37.7 Å². The monoisotopic (exact) mass is 216 g/mol. The highest BCUT2D eigenvalue weighted by Gasteiger charge is 2.44. The Morgan fingerprint density at radius 1 is 1.00 bits per heavy atom. The fraction of sp³-hybridized carbons (Fsp3) is 0.571. The Morgan fingerprint density at radius 3 is 2.62 bits per heavy atom. The molecule has 16 heavy (non-hydrogen) atoms. The van der Waals surface area contributed by atoms with Crippen molar-refractivity contribution in [1.29, 1.82) is 0 Å². The molecule has 2 saturated heterocycles. The first-order valence-electron chi connectivity index (χ1n) is 6.43. The minimum atomic E-state index is 0.281. The van der Waals surface area contributed by atoms with Crippen molar-refractivity contribution in [2.24, 2.45) is 0 Å². The molecular weight excluding hydrogens is 196 g/mol. The number of anilines is 1. The van der Waals surface area contributed by atoms with Crippen LogP contribution in [0.25, 0.3) is 0 Å². The molecule has 1 unspecified atom stereocenters. The molecule has 1 atom stereocenters. The van der Waals surface area contributed by atoms with Gasteiger partial charge in [0.1, 0.15) is 0 Å². The van der Waals surface area contributed by atoms with E-state index in [0.717, 1.165) is 5.69 Å². The maximum atomic E-state index is 6.18. The van der Waals surface area contributed by atoms with Crippen molar-refractivity contribution in [3.05, 3.63) is 29.8 Å². The predicted molar refractivity (Wildman–Crippen MR) is 67.2 cm³/mol. The summed E-state index contributed by atoms with van der Waals surface area (Å²) >= 11 is 0. The highest BCUT2D eigenvalue weighted by atomic mass is 15.2. The third-order valence-corrected chi connectivity index (χ3v) is 4.35. The van der Waals surface area contributed by atoms with Gasteiger partial charge in [0.2, 0.25) is 0 Å².